The topological polar surface area (TPSA) is 123 Å². The summed E-state index contributed by atoms with van der Waals surface area (Å²) >= 11 is 0. The number of carbonyl (C=O) groups is 1. The number of nitrogens with one attached hydrogen (secondary N) is 1. The van der Waals surface area contributed by atoms with Crippen molar-refractivity contribution >= 4 is 18.4 Å². The average Bonchev–Trinajstić information content (AvgIpc) is 3.05. The molecule has 1 aliphatic rings. The van der Waals surface area contributed by atoms with E-state index < -0.39 is 5.97 Å². The van der Waals surface area contributed by atoms with Gasteiger partial charge in [-0.05, 0) is 80.4 Å². The molecule has 0 unspecified atom stereocenters. The van der Waals surface area contributed by atoms with E-state index in [0.717, 1.165) is 53.5 Å². The first kappa shape index (κ1) is 47.7. The van der Waals surface area contributed by atoms with Crippen molar-refractivity contribution in [2.45, 2.75) is 168 Å². The van der Waals surface area contributed by atoms with Gasteiger partial charge in [0, 0.05) is 37.4 Å². The van der Waals surface area contributed by atoms with Gasteiger partial charge >= 0.3 is 16.8 Å². The normalized spacial score (nSPS) is 17.4. The fourth-order valence-corrected chi connectivity index (χ4v) is 6.48. The molecule has 8 heteroatoms. The molecule has 0 amide bonds. The first-order valence-electron chi connectivity index (χ1n) is 19.6. The van der Waals surface area contributed by atoms with E-state index in [9.17, 15) is 20.1 Å². The van der Waals surface area contributed by atoms with E-state index in [2.05, 4.69) is 101 Å². The fourth-order valence-electron chi connectivity index (χ4n) is 6.48. The molecular formula is C47H66CoN3O4. The molecular weight excluding hydrogens is 729 g/mol. The molecule has 3 aromatic carbocycles. The van der Waals surface area contributed by atoms with Crippen LogP contribution in [0.1, 0.15) is 161 Å². The Morgan fingerprint density at radius 1 is 0.709 bits per heavy atom. The molecule has 55 heavy (non-hydrogen) atoms. The van der Waals surface area contributed by atoms with E-state index in [4.69, 9.17) is 9.98 Å². The Bertz CT molecular complexity index is 1660. The van der Waals surface area contributed by atoms with Crippen LogP contribution < -0.4 is 20.6 Å². The van der Waals surface area contributed by atoms with Crippen LogP contribution in [0.15, 0.2) is 64.6 Å². The van der Waals surface area contributed by atoms with Gasteiger partial charge in [-0.1, -0.05) is 162 Å². The molecule has 0 radical (unpaired) electrons. The smallest absolute Gasteiger partial charge is 0.872 e. The number of hydrogen-bond donors (Lipinski definition) is 1. The Morgan fingerprint density at radius 2 is 1.11 bits per heavy atom. The summed E-state index contributed by atoms with van der Waals surface area (Å²) < 4.78 is 0. The van der Waals surface area contributed by atoms with Crippen LogP contribution in [0.3, 0.4) is 0 Å². The molecule has 1 N–H and O–H groups in total. The van der Waals surface area contributed by atoms with E-state index >= 15 is 0 Å². The quantitative estimate of drug-likeness (QED) is 0.219. The van der Waals surface area contributed by atoms with Crippen LogP contribution >= 0.6 is 0 Å². The summed E-state index contributed by atoms with van der Waals surface area (Å²) in [7, 11) is 0. The molecule has 0 aromatic heterocycles. The number of benzene rings is 3. The second-order valence-corrected chi connectivity index (χ2v) is 19.2. The van der Waals surface area contributed by atoms with Crippen molar-refractivity contribution in [3.05, 3.63) is 93.5 Å². The molecule has 0 heterocycles. The first-order valence-corrected chi connectivity index (χ1v) is 19.6. The largest absolute Gasteiger partial charge is 3.00 e. The van der Waals surface area contributed by atoms with Crippen molar-refractivity contribution in [1.82, 2.24) is 5.32 Å². The van der Waals surface area contributed by atoms with Gasteiger partial charge in [-0.3, -0.25) is 9.98 Å². The summed E-state index contributed by atoms with van der Waals surface area (Å²) in [5.41, 5.74) is 5.77. The molecule has 0 saturated heterocycles. The molecule has 0 aliphatic heterocycles. The van der Waals surface area contributed by atoms with Crippen molar-refractivity contribution in [3.63, 3.8) is 0 Å². The van der Waals surface area contributed by atoms with Gasteiger partial charge in [0.25, 0.3) is 0 Å². The maximum absolute atomic E-state index is 13.5. The van der Waals surface area contributed by atoms with Gasteiger partial charge in [0.15, 0.2) is 0 Å². The molecule has 4 rings (SSSR count). The van der Waals surface area contributed by atoms with E-state index in [1.165, 1.54) is 0 Å². The second-order valence-electron chi connectivity index (χ2n) is 19.2. The Hall–Kier alpha value is -3.46. The van der Waals surface area contributed by atoms with E-state index in [1.807, 2.05) is 49.4 Å². The number of carboxylic acids is 1. The van der Waals surface area contributed by atoms with E-state index in [0.29, 0.717) is 17.7 Å². The van der Waals surface area contributed by atoms with Gasteiger partial charge in [-0.2, -0.15) is 0 Å². The number of nitrogens with zero attached hydrogens (tertiary/aromatic N) is 2. The Morgan fingerprint density at radius 3 is 1.45 bits per heavy atom. The van der Waals surface area contributed by atoms with E-state index in [-0.39, 0.29) is 74.5 Å². The number of carboxylic acid groups (broad SMARTS) is 1. The van der Waals surface area contributed by atoms with Crippen molar-refractivity contribution in [2.75, 3.05) is 0 Å². The zero-order valence-corrected chi connectivity index (χ0v) is 36.7. The van der Waals surface area contributed by atoms with E-state index in [1.54, 1.807) is 12.4 Å². The maximum Gasteiger partial charge on any atom is 3.00 e. The summed E-state index contributed by atoms with van der Waals surface area (Å²) in [6.45, 7) is 28.1. The van der Waals surface area contributed by atoms with Gasteiger partial charge in [-0.15, -0.1) is 0 Å². The van der Waals surface area contributed by atoms with Gasteiger partial charge in [-0.25, -0.2) is 0 Å². The van der Waals surface area contributed by atoms with Crippen LogP contribution in [0.4, 0.5) is 0 Å². The summed E-state index contributed by atoms with van der Waals surface area (Å²) in [6, 6.07) is 18.0. The third-order valence-electron chi connectivity index (χ3n) is 10.1. The molecule has 1 aliphatic carbocycles. The summed E-state index contributed by atoms with van der Waals surface area (Å²) in [5, 5.41) is 40.3. The molecule has 1 saturated carbocycles. The standard InChI is InChI=1S/C36H54N2O2.C11H15NO2.Co/c1-33(2,3)25-17-23(31(39)27(19-25)35(7,8)9)21-37-29-15-13-14-16-30(29)38-22-24-18-26(34(4,5)6)20-28(32(24)40)36(10,11)12;1-9(7-11(13)14)12-8-10-5-3-2-4-6-10;/h17-22,29-30,39-40H,13-16H2,1-12H3;2-6,9,12H,7-8H2,1H3,(H,13,14);/q;;+3/p-3/t29-,30-;9-;/m01./s1. The Balaban J connectivity index is 0.000000586. The van der Waals surface area contributed by atoms with Gasteiger partial charge in [0.05, 0.1) is 12.1 Å². The minimum atomic E-state index is -1.02. The molecule has 0 spiro atoms. The molecule has 3 aromatic rings. The van der Waals surface area contributed by atoms with Crippen LogP contribution in [-0.2, 0) is 49.8 Å². The number of aliphatic imine (C=N–C) groups is 2. The zero-order valence-electron chi connectivity index (χ0n) is 35.7. The van der Waals surface area contributed by atoms with Crippen molar-refractivity contribution < 1.29 is 36.9 Å². The predicted octanol–water partition coefficient (Wildman–Crippen LogP) is 8.18. The van der Waals surface area contributed by atoms with Crippen LogP contribution in [0.5, 0.6) is 11.5 Å². The number of hydrogen-bond acceptors (Lipinski definition) is 7. The van der Waals surface area contributed by atoms with Crippen molar-refractivity contribution in [1.29, 1.82) is 0 Å². The number of aliphatic carboxylic acids is 1. The second kappa shape index (κ2) is 19.6. The molecule has 7 nitrogen and oxygen atoms in total. The SMILES string of the molecule is CC(C)(C)c1cc(C=N[C@H]2CCCC[C@@H]2N=Cc2cc(C(C)(C)C)cc(C(C)(C)C)c2[O-])c([O-])c(C(C)(C)C)c1.C[C@H](CC(=O)[O-])NCc1ccccc1.[Co+3]. The van der Waals surface area contributed by atoms with Gasteiger partial charge < -0.3 is 25.4 Å². The van der Waals surface area contributed by atoms with Crippen molar-refractivity contribution in [2.24, 2.45) is 9.98 Å². The van der Waals surface area contributed by atoms with Crippen molar-refractivity contribution in [3.8, 4) is 11.5 Å². The summed E-state index contributed by atoms with van der Waals surface area (Å²) in [4.78, 5) is 20.2. The molecule has 3 atom stereocenters. The fraction of sp³-hybridized carbons (Fsp3) is 0.553. The molecule has 1 fully saturated rings. The zero-order chi connectivity index (χ0) is 40.6. The average molecular weight is 796 g/mol. The minimum absolute atomic E-state index is 0. The molecule has 0 bridgehead atoms. The Kier molecular flexibility index (Phi) is 17.0. The van der Waals surface area contributed by atoms with Crippen LogP contribution in [0, 0.1) is 0 Å². The van der Waals surface area contributed by atoms with Crippen LogP contribution in [0.25, 0.3) is 0 Å². The van der Waals surface area contributed by atoms with Gasteiger partial charge in [0.2, 0.25) is 0 Å². The van der Waals surface area contributed by atoms with Crippen LogP contribution in [0.2, 0.25) is 0 Å². The number of rotatable bonds is 9. The summed E-state index contributed by atoms with van der Waals surface area (Å²) in [5.74, 6) is -0.896. The summed E-state index contributed by atoms with van der Waals surface area (Å²) in [6.07, 6.45) is 7.67. The third-order valence-corrected chi connectivity index (χ3v) is 10.1. The maximum atomic E-state index is 13.5. The van der Waals surface area contributed by atoms with Gasteiger partial charge in [0.1, 0.15) is 0 Å². The van der Waals surface area contributed by atoms with Crippen LogP contribution in [-0.4, -0.2) is 36.5 Å². The number of carbonyl (C=O) groups excluding carboxylic acids is 1. The molecule has 302 valence electrons. The minimum Gasteiger partial charge on any atom is -0.872 e. The monoisotopic (exact) mass is 795 g/mol. The predicted molar refractivity (Wildman–Crippen MR) is 220 cm³/mol. The Labute approximate surface area is 342 Å². The first-order chi connectivity index (χ1) is 24.9. The third kappa shape index (κ3) is 14.5.